The minimum Gasteiger partial charge on any atom is -0.362 e. The maximum atomic E-state index is 3.59. The van der Waals surface area contributed by atoms with E-state index in [2.05, 4.69) is 11.9 Å². The van der Waals surface area contributed by atoms with E-state index in [0.717, 1.165) is 5.70 Å². The summed E-state index contributed by atoms with van der Waals surface area (Å²) in [5, 5.41) is 3.10. The van der Waals surface area contributed by atoms with Gasteiger partial charge in [-0.2, -0.15) is 0 Å². The Labute approximate surface area is 67.1 Å². The summed E-state index contributed by atoms with van der Waals surface area (Å²) in [4.78, 5) is 0. The molecular formula is C10H11N. The Kier molecular flexibility index (Phi) is 3.00. The molecule has 1 N–H and O–H groups in total. The van der Waals surface area contributed by atoms with Crippen molar-refractivity contribution in [2.75, 3.05) is 0 Å². The lowest BCUT2D eigenvalue weighted by molar-refractivity contribution is 1.12. The van der Waals surface area contributed by atoms with Gasteiger partial charge in [-0.05, 0) is 18.2 Å². The molecule has 0 radical (unpaired) electrons. The number of hydrogen-bond acceptors (Lipinski definition) is 1. The minimum atomic E-state index is 1.06. The van der Waals surface area contributed by atoms with E-state index in [0.29, 0.717) is 0 Å². The van der Waals surface area contributed by atoms with Crippen LogP contribution >= 0.6 is 0 Å². The van der Waals surface area contributed by atoms with E-state index in [1.54, 1.807) is 6.08 Å². The highest BCUT2D eigenvalue weighted by Gasteiger charge is 1.85. The van der Waals surface area contributed by atoms with Gasteiger partial charge >= 0.3 is 0 Å². The lowest BCUT2D eigenvalue weighted by Crippen LogP contribution is -2.00. The Balaban J connectivity index is 2.64. The summed E-state index contributed by atoms with van der Waals surface area (Å²) in [6.07, 6.45) is 15.4. The number of allylic oxidation sites excluding steroid dienone is 7. The standard InChI is InChI=1S/C10H11N/c1-2-3-7-10-8-5-4-6-9-11-10/h2-9,11H,1H2. The molecule has 0 spiro atoms. The first kappa shape index (κ1) is 7.61. The van der Waals surface area contributed by atoms with Crippen LogP contribution in [0.5, 0.6) is 0 Å². The lowest BCUT2D eigenvalue weighted by atomic mass is 10.3. The largest absolute Gasteiger partial charge is 0.362 e. The van der Waals surface area contributed by atoms with Gasteiger partial charge in [0.15, 0.2) is 0 Å². The Bertz CT molecular complexity index is 242. The zero-order chi connectivity index (χ0) is 7.94. The molecule has 0 atom stereocenters. The van der Waals surface area contributed by atoms with Crippen LogP contribution < -0.4 is 5.32 Å². The zero-order valence-corrected chi connectivity index (χ0v) is 6.33. The molecule has 1 aliphatic rings. The number of rotatable bonds is 2. The normalized spacial score (nSPS) is 15.8. The second kappa shape index (κ2) is 4.34. The summed E-state index contributed by atoms with van der Waals surface area (Å²) in [5.74, 6) is 0. The fourth-order valence-corrected chi connectivity index (χ4v) is 0.747. The van der Waals surface area contributed by atoms with Crippen molar-refractivity contribution in [3.63, 3.8) is 0 Å². The predicted molar refractivity (Wildman–Crippen MR) is 48.8 cm³/mol. The molecule has 1 aliphatic heterocycles. The first-order valence-corrected chi connectivity index (χ1v) is 3.52. The molecule has 0 unspecified atom stereocenters. The van der Waals surface area contributed by atoms with Crippen LogP contribution in [0.4, 0.5) is 0 Å². The molecule has 0 saturated carbocycles. The highest BCUT2D eigenvalue weighted by molar-refractivity contribution is 5.29. The SMILES string of the molecule is C=CC=CC1=CC=CC=CN1. The number of nitrogens with one attached hydrogen (secondary N) is 1. The van der Waals surface area contributed by atoms with E-state index in [1.165, 1.54) is 0 Å². The molecule has 0 fully saturated rings. The first-order valence-electron chi connectivity index (χ1n) is 3.52. The molecule has 11 heavy (non-hydrogen) atoms. The van der Waals surface area contributed by atoms with Crippen LogP contribution in [-0.2, 0) is 0 Å². The van der Waals surface area contributed by atoms with Crippen LogP contribution in [0.2, 0.25) is 0 Å². The maximum absolute atomic E-state index is 3.59. The Morgan fingerprint density at radius 1 is 1.27 bits per heavy atom. The smallest absolute Gasteiger partial charge is 0.0379 e. The van der Waals surface area contributed by atoms with Gasteiger partial charge < -0.3 is 5.32 Å². The van der Waals surface area contributed by atoms with Gasteiger partial charge in [0, 0.05) is 11.9 Å². The van der Waals surface area contributed by atoms with Crippen LogP contribution in [0.25, 0.3) is 0 Å². The van der Waals surface area contributed by atoms with Crippen molar-refractivity contribution in [1.82, 2.24) is 5.32 Å². The van der Waals surface area contributed by atoms with E-state index in [1.807, 2.05) is 42.7 Å². The molecule has 1 rings (SSSR count). The van der Waals surface area contributed by atoms with Crippen molar-refractivity contribution in [3.8, 4) is 0 Å². The summed E-state index contributed by atoms with van der Waals surface area (Å²) < 4.78 is 0. The lowest BCUT2D eigenvalue weighted by Gasteiger charge is -1.96. The molecule has 0 saturated heterocycles. The van der Waals surface area contributed by atoms with E-state index >= 15 is 0 Å². The molecule has 0 aromatic carbocycles. The predicted octanol–water partition coefficient (Wildman–Crippen LogP) is 2.29. The monoisotopic (exact) mass is 145 g/mol. The van der Waals surface area contributed by atoms with Gasteiger partial charge in [-0.25, -0.2) is 0 Å². The van der Waals surface area contributed by atoms with E-state index in [9.17, 15) is 0 Å². The summed E-state index contributed by atoms with van der Waals surface area (Å²) in [6, 6.07) is 0. The van der Waals surface area contributed by atoms with E-state index in [-0.39, 0.29) is 0 Å². The first-order chi connectivity index (χ1) is 5.43. The average molecular weight is 145 g/mol. The molecule has 1 heterocycles. The van der Waals surface area contributed by atoms with E-state index < -0.39 is 0 Å². The average Bonchev–Trinajstić information content (AvgIpc) is 2.28. The van der Waals surface area contributed by atoms with Crippen molar-refractivity contribution in [2.24, 2.45) is 0 Å². The van der Waals surface area contributed by atoms with Gasteiger partial charge in [0.25, 0.3) is 0 Å². The van der Waals surface area contributed by atoms with Gasteiger partial charge in [-0.15, -0.1) is 0 Å². The second-order valence-electron chi connectivity index (χ2n) is 2.11. The molecule has 1 heteroatoms. The van der Waals surface area contributed by atoms with Gasteiger partial charge in [0.1, 0.15) is 0 Å². The fourth-order valence-electron chi connectivity index (χ4n) is 0.747. The third-order valence-corrected chi connectivity index (χ3v) is 1.26. The third-order valence-electron chi connectivity index (χ3n) is 1.26. The van der Waals surface area contributed by atoms with Gasteiger partial charge in [-0.3, -0.25) is 0 Å². The van der Waals surface area contributed by atoms with Crippen molar-refractivity contribution in [3.05, 3.63) is 61.0 Å². The summed E-state index contributed by atoms with van der Waals surface area (Å²) in [7, 11) is 0. The molecule has 0 amide bonds. The Morgan fingerprint density at radius 3 is 3.00 bits per heavy atom. The van der Waals surface area contributed by atoms with Crippen molar-refractivity contribution in [1.29, 1.82) is 0 Å². The van der Waals surface area contributed by atoms with E-state index in [4.69, 9.17) is 0 Å². The van der Waals surface area contributed by atoms with Crippen LogP contribution in [-0.4, -0.2) is 0 Å². The third kappa shape index (κ3) is 2.72. The molecule has 1 nitrogen and oxygen atoms in total. The molecule has 0 aliphatic carbocycles. The molecule has 56 valence electrons. The molecule has 0 aromatic rings. The van der Waals surface area contributed by atoms with Gasteiger partial charge in [-0.1, -0.05) is 30.9 Å². The van der Waals surface area contributed by atoms with Crippen LogP contribution in [0, 0.1) is 0 Å². The second-order valence-corrected chi connectivity index (χ2v) is 2.11. The van der Waals surface area contributed by atoms with Crippen molar-refractivity contribution >= 4 is 0 Å². The summed E-state index contributed by atoms with van der Waals surface area (Å²) in [5.41, 5.74) is 1.06. The van der Waals surface area contributed by atoms with Crippen LogP contribution in [0.1, 0.15) is 0 Å². The van der Waals surface area contributed by atoms with Crippen molar-refractivity contribution < 1.29 is 0 Å². The molecular weight excluding hydrogens is 134 g/mol. The van der Waals surface area contributed by atoms with Crippen LogP contribution in [0.3, 0.4) is 0 Å². The highest BCUT2D eigenvalue weighted by Crippen LogP contribution is 1.96. The molecule has 0 aromatic heterocycles. The molecule has 0 bridgehead atoms. The fraction of sp³-hybridized carbons (Fsp3) is 0. The van der Waals surface area contributed by atoms with Crippen molar-refractivity contribution in [2.45, 2.75) is 0 Å². The van der Waals surface area contributed by atoms with Gasteiger partial charge in [0.2, 0.25) is 0 Å². The Morgan fingerprint density at radius 2 is 2.18 bits per heavy atom. The summed E-state index contributed by atoms with van der Waals surface area (Å²) in [6.45, 7) is 3.59. The van der Waals surface area contributed by atoms with Gasteiger partial charge in [0.05, 0.1) is 0 Å². The number of hydrogen-bond donors (Lipinski definition) is 1. The highest BCUT2D eigenvalue weighted by atomic mass is 14.8. The summed E-state index contributed by atoms with van der Waals surface area (Å²) >= 11 is 0. The van der Waals surface area contributed by atoms with Crippen LogP contribution in [0.15, 0.2) is 61.0 Å². The quantitative estimate of drug-likeness (QED) is 0.588. The zero-order valence-electron chi connectivity index (χ0n) is 6.33. The maximum Gasteiger partial charge on any atom is 0.0379 e. The minimum absolute atomic E-state index is 1.06. The topological polar surface area (TPSA) is 12.0 Å². The Hall–Kier alpha value is -1.50.